The first-order valence-corrected chi connectivity index (χ1v) is 11.6. The Morgan fingerprint density at radius 1 is 1.06 bits per heavy atom. The molecule has 0 saturated heterocycles. The minimum atomic E-state index is -0.650. The zero-order valence-electron chi connectivity index (χ0n) is 19.4. The maximum atomic E-state index is 13.4. The largest absolute Gasteiger partial charge is 0.493 e. The summed E-state index contributed by atoms with van der Waals surface area (Å²) in [5.74, 6) is 0.0842. The van der Waals surface area contributed by atoms with Gasteiger partial charge in [0.25, 0.3) is 5.56 Å². The number of benzene rings is 2. The number of para-hydroxylation sites is 1. The van der Waals surface area contributed by atoms with E-state index in [-0.39, 0.29) is 30.0 Å². The summed E-state index contributed by atoms with van der Waals surface area (Å²) in [6.07, 6.45) is 0.0441. The van der Waals surface area contributed by atoms with E-state index in [1.165, 1.54) is 14.2 Å². The highest BCUT2D eigenvalue weighted by atomic mass is 32.1. The SMILES string of the molecule is CCOC(=O)c1nn(-c2ccccc2)c(=O)c2c(NC(=O)Cc3ccc(OC)c(OC)c3)scc12. The Morgan fingerprint density at radius 3 is 2.49 bits per heavy atom. The molecule has 10 heteroatoms. The average molecular weight is 494 g/mol. The molecule has 0 spiro atoms. The predicted molar refractivity (Wildman–Crippen MR) is 133 cm³/mol. The molecule has 0 aliphatic carbocycles. The Morgan fingerprint density at radius 2 is 1.80 bits per heavy atom. The highest BCUT2D eigenvalue weighted by Gasteiger charge is 2.23. The van der Waals surface area contributed by atoms with E-state index in [1.807, 2.05) is 6.07 Å². The molecule has 2 aromatic carbocycles. The van der Waals surface area contributed by atoms with Gasteiger partial charge in [-0.25, -0.2) is 4.79 Å². The van der Waals surface area contributed by atoms with E-state index < -0.39 is 11.5 Å². The number of aromatic nitrogens is 2. The number of anilines is 1. The van der Waals surface area contributed by atoms with Crippen molar-refractivity contribution in [3.63, 3.8) is 0 Å². The van der Waals surface area contributed by atoms with Crippen molar-refractivity contribution in [3.8, 4) is 17.2 Å². The van der Waals surface area contributed by atoms with Gasteiger partial charge < -0.3 is 19.5 Å². The van der Waals surface area contributed by atoms with E-state index in [2.05, 4.69) is 10.4 Å². The van der Waals surface area contributed by atoms with Crippen molar-refractivity contribution in [2.75, 3.05) is 26.1 Å². The van der Waals surface area contributed by atoms with Crippen LogP contribution < -0.4 is 20.3 Å². The summed E-state index contributed by atoms with van der Waals surface area (Å²) in [6.45, 7) is 1.85. The number of ether oxygens (including phenoxy) is 3. The number of carbonyl (C=O) groups excluding carboxylic acids is 2. The fraction of sp³-hybridized carbons (Fsp3) is 0.200. The van der Waals surface area contributed by atoms with Crippen molar-refractivity contribution in [2.45, 2.75) is 13.3 Å². The van der Waals surface area contributed by atoms with Crippen LogP contribution in [0.4, 0.5) is 5.00 Å². The number of methoxy groups -OCH3 is 2. The number of rotatable bonds is 8. The molecule has 0 saturated carbocycles. The van der Waals surface area contributed by atoms with Crippen LogP contribution in [0.2, 0.25) is 0 Å². The smallest absolute Gasteiger partial charge is 0.359 e. The Balaban J connectivity index is 1.73. The average Bonchev–Trinajstić information content (AvgIpc) is 3.28. The van der Waals surface area contributed by atoms with Crippen molar-refractivity contribution < 1.29 is 23.8 Å². The van der Waals surface area contributed by atoms with Crippen molar-refractivity contribution in [1.82, 2.24) is 9.78 Å². The molecule has 0 aliphatic rings. The summed E-state index contributed by atoms with van der Waals surface area (Å²) < 4.78 is 16.8. The van der Waals surface area contributed by atoms with E-state index in [0.717, 1.165) is 16.0 Å². The van der Waals surface area contributed by atoms with Gasteiger partial charge in [0, 0.05) is 10.8 Å². The van der Waals surface area contributed by atoms with Gasteiger partial charge >= 0.3 is 5.97 Å². The molecule has 0 aliphatic heterocycles. The predicted octanol–water partition coefficient (Wildman–Crippen LogP) is 3.82. The van der Waals surface area contributed by atoms with Gasteiger partial charge in [0.15, 0.2) is 17.2 Å². The molecule has 0 unspecified atom stereocenters. The van der Waals surface area contributed by atoms with Gasteiger partial charge in [-0.05, 0) is 36.8 Å². The lowest BCUT2D eigenvalue weighted by molar-refractivity contribution is -0.115. The second kappa shape index (κ2) is 10.4. The van der Waals surface area contributed by atoms with Crippen LogP contribution in [0.25, 0.3) is 16.5 Å². The van der Waals surface area contributed by atoms with E-state index in [4.69, 9.17) is 14.2 Å². The second-order valence-electron chi connectivity index (χ2n) is 7.39. The van der Waals surface area contributed by atoms with Crippen molar-refractivity contribution in [2.24, 2.45) is 0 Å². The summed E-state index contributed by atoms with van der Waals surface area (Å²) in [5.41, 5.74) is 0.735. The van der Waals surface area contributed by atoms with Crippen LogP contribution in [-0.4, -0.2) is 42.5 Å². The van der Waals surface area contributed by atoms with Gasteiger partial charge in [-0.3, -0.25) is 9.59 Å². The Bertz CT molecular complexity index is 1450. The van der Waals surface area contributed by atoms with Crippen LogP contribution in [0, 0.1) is 0 Å². The minimum absolute atomic E-state index is 0.00180. The molecular weight excluding hydrogens is 470 g/mol. The van der Waals surface area contributed by atoms with Crippen LogP contribution in [0.5, 0.6) is 11.5 Å². The highest BCUT2D eigenvalue weighted by Crippen LogP contribution is 2.31. The number of hydrogen-bond donors (Lipinski definition) is 1. The number of hydrogen-bond acceptors (Lipinski definition) is 8. The van der Waals surface area contributed by atoms with E-state index >= 15 is 0 Å². The first-order valence-electron chi connectivity index (χ1n) is 10.7. The molecular formula is C25H23N3O6S. The number of amides is 1. The van der Waals surface area contributed by atoms with E-state index in [9.17, 15) is 14.4 Å². The van der Waals surface area contributed by atoms with Gasteiger partial charge in [0.1, 0.15) is 5.00 Å². The third-order valence-corrected chi connectivity index (χ3v) is 6.08. The summed E-state index contributed by atoms with van der Waals surface area (Å²) in [6, 6.07) is 13.9. The lowest BCUT2D eigenvalue weighted by Crippen LogP contribution is -2.25. The first kappa shape index (κ1) is 24.0. The fourth-order valence-corrected chi connectivity index (χ4v) is 4.54. The Hall–Kier alpha value is -4.18. The van der Waals surface area contributed by atoms with E-state index in [0.29, 0.717) is 33.1 Å². The number of thiophene rings is 1. The molecule has 0 atom stereocenters. The molecule has 1 N–H and O–H groups in total. The zero-order valence-corrected chi connectivity index (χ0v) is 20.2. The fourth-order valence-electron chi connectivity index (χ4n) is 3.58. The van der Waals surface area contributed by atoms with Gasteiger partial charge in [-0.2, -0.15) is 9.78 Å². The van der Waals surface area contributed by atoms with Gasteiger partial charge in [-0.15, -0.1) is 11.3 Å². The van der Waals surface area contributed by atoms with Crippen molar-refractivity contribution >= 4 is 39.0 Å². The molecule has 35 heavy (non-hydrogen) atoms. The zero-order chi connectivity index (χ0) is 24.9. The molecule has 0 bridgehead atoms. The molecule has 1 amide bonds. The van der Waals surface area contributed by atoms with E-state index in [1.54, 1.807) is 54.8 Å². The van der Waals surface area contributed by atoms with Gasteiger partial charge in [0.05, 0.1) is 38.3 Å². The molecule has 9 nitrogen and oxygen atoms in total. The monoisotopic (exact) mass is 493 g/mol. The lowest BCUT2D eigenvalue weighted by atomic mass is 10.1. The molecule has 2 heterocycles. The molecule has 180 valence electrons. The topological polar surface area (TPSA) is 109 Å². The third kappa shape index (κ3) is 4.87. The molecule has 4 aromatic rings. The lowest BCUT2D eigenvalue weighted by Gasteiger charge is -2.11. The molecule has 0 fully saturated rings. The summed E-state index contributed by atoms with van der Waals surface area (Å²) in [5, 5.41) is 9.56. The number of nitrogens with one attached hydrogen (secondary N) is 1. The molecule has 0 radical (unpaired) electrons. The summed E-state index contributed by atoms with van der Waals surface area (Å²) in [7, 11) is 3.06. The minimum Gasteiger partial charge on any atom is -0.493 e. The van der Waals surface area contributed by atoms with Gasteiger partial charge in [0.2, 0.25) is 5.91 Å². The first-order chi connectivity index (χ1) is 17.0. The van der Waals surface area contributed by atoms with Crippen LogP contribution >= 0.6 is 11.3 Å². The third-order valence-electron chi connectivity index (χ3n) is 5.19. The Labute approximate surface area is 204 Å². The maximum absolute atomic E-state index is 13.4. The maximum Gasteiger partial charge on any atom is 0.359 e. The highest BCUT2D eigenvalue weighted by molar-refractivity contribution is 7.16. The van der Waals surface area contributed by atoms with Crippen molar-refractivity contribution in [1.29, 1.82) is 0 Å². The normalized spacial score (nSPS) is 10.7. The van der Waals surface area contributed by atoms with Gasteiger partial charge in [-0.1, -0.05) is 24.3 Å². The van der Waals surface area contributed by atoms with Crippen LogP contribution in [-0.2, 0) is 16.0 Å². The molecule has 4 rings (SSSR count). The quantitative estimate of drug-likeness (QED) is 0.372. The van der Waals surface area contributed by atoms with Crippen LogP contribution in [0.1, 0.15) is 23.0 Å². The van der Waals surface area contributed by atoms with Crippen LogP contribution in [0.3, 0.4) is 0 Å². The second-order valence-corrected chi connectivity index (χ2v) is 8.27. The number of carbonyl (C=O) groups is 2. The standard InChI is InChI=1S/C25H23N3O6S/c1-4-34-25(31)22-17-14-35-23(21(17)24(30)28(27-22)16-8-6-5-7-9-16)26-20(29)13-15-10-11-18(32-2)19(12-15)33-3/h5-12,14H,4,13H2,1-3H3,(H,26,29). The molecule has 2 aromatic heterocycles. The summed E-state index contributed by atoms with van der Waals surface area (Å²) >= 11 is 1.15. The Kier molecular flexibility index (Phi) is 7.11. The number of esters is 1. The number of fused-ring (bicyclic) bond motifs is 1. The van der Waals surface area contributed by atoms with Crippen molar-refractivity contribution in [3.05, 3.63) is 75.5 Å². The summed E-state index contributed by atoms with van der Waals surface area (Å²) in [4.78, 5) is 38.9. The van der Waals surface area contributed by atoms with Crippen LogP contribution in [0.15, 0.2) is 58.7 Å². The number of nitrogens with zero attached hydrogens (tertiary/aromatic N) is 2.